The molecule has 0 aliphatic heterocycles. The standard InChI is InChI=1S/C19H21N3O3S/c1-3-21(17-9-5-4-6-10-17)19(23)12-13-22(26(2,24)25)18-11-7-8-16(14-18)15-20/h4-11,14H,3,12-13H2,1-2H3. The number of hydrogen-bond acceptors (Lipinski definition) is 4. The summed E-state index contributed by atoms with van der Waals surface area (Å²) in [5.74, 6) is -0.163. The smallest absolute Gasteiger partial charge is 0.232 e. The number of anilines is 2. The zero-order valence-electron chi connectivity index (χ0n) is 14.8. The fourth-order valence-electron chi connectivity index (χ4n) is 2.66. The van der Waals surface area contributed by atoms with Gasteiger partial charge in [-0.3, -0.25) is 9.10 Å². The summed E-state index contributed by atoms with van der Waals surface area (Å²) in [4.78, 5) is 14.2. The van der Waals surface area contributed by atoms with Crippen LogP contribution in [0.5, 0.6) is 0 Å². The van der Waals surface area contributed by atoms with E-state index < -0.39 is 10.0 Å². The number of amides is 1. The first-order valence-electron chi connectivity index (χ1n) is 8.20. The van der Waals surface area contributed by atoms with Crippen molar-refractivity contribution >= 4 is 27.3 Å². The number of nitrogens with zero attached hydrogens (tertiary/aromatic N) is 3. The van der Waals surface area contributed by atoms with Crippen LogP contribution in [-0.4, -0.2) is 33.7 Å². The fraction of sp³-hybridized carbons (Fsp3) is 0.263. The van der Waals surface area contributed by atoms with Crippen molar-refractivity contribution in [2.75, 3.05) is 28.6 Å². The molecule has 0 aliphatic carbocycles. The zero-order valence-corrected chi connectivity index (χ0v) is 15.6. The van der Waals surface area contributed by atoms with Crippen molar-refractivity contribution in [3.8, 4) is 6.07 Å². The number of nitriles is 1. The average molecular weight is 371 g/mol. The van der Waals surface area contributed by atoms with E-state index in [1.807, 2.05) is 43.3 Å². The quantitative estimate of drug-likeness (QED) is 0.749. The number of rotatable bonds is 7. The molecule has 0 spiro atoms. The third kappa shape index (κ3) is 4.83. The van der Waals surface area contributed by atoms with E-state index in [1.54, 1.807) is 23.1 Å². The summed E-state index contributed by atoms with van der Waals surface area (Å²) < 4.78 is 25.5. The van der Waals surface area contributed by atoms with E-state index in [-0.39, 0.29) is 18.9 Å². The van der Waals surface area contributed by atoms with E-state index in [1.165, 1.54) is 6.07 Å². The minimum Gasteiger partial charge on any atom is -0.313 e. The summed E-state index contributed by atoms with van der Waals surface area (Å²) in [5, 5.41) is 9.02. The monoisotopic (exact) mass is 371 g/mol. The lowest BCUT2D eigenvalue weighted by Gasteiger charge is -2.25. The van der Waals surface area contributed by atoms with Crippen LogP contribution in [0.25, 0.3) is 0 Å². The third-order valence-electron chi connectivity index (χ3n) is 3.88. The topological polar surface area (TPSA) is 81.5 Å². The summed E-state index contributed by atoms with van der Waals surface area (Å²) >= 11 is 0. The number of benzene rings is 2. The van der Waals surface area contributed by atoms with Crippen molar-refractivity contribution < 1.29 is 13.2 Å². The fourth-order valence-corrected chi connectivity index (χ4v) is 3.58. The van der Waals surface area contributed by atoms with Gasteiger partial charge in [0.1, 0.15) is 0 Å². The van der Waals surface area contributed by atoms with Gasteiger partial charge in [0.15, 0.2) is 0 Å². The minimum absolute atomic E-state index is 0.00980. The Morgan fingerprint density at radius 2 is 1.73 bits per heavy atom. The lowest BCUT2D eigenvalue weighted by Crippen LogP contribution is -2.37. The molecule has 1 amide bonds. The molecule has 0 radical (unpaired) electrons. The highest BCUT2D eigenvalue weighted by molar-refractivity contribution is 7.92. The van der Waals surface area contributed by atoms with Gasteiger partial charge in [-0.1, -0.05) is 24.3 Å². The molecule has 0 fully saturated rings. The van der Waals surface area contributed by atoms with Crippen LogP contribution in [0.3, 0.4) is 0 Å². The average Bonchev–Trinajstić information content (AvgIpc) is 2.62. The first kappa shape index (κ1) is 19.5. The van der Waals surface area contributed by atoms with E-state index >= 15 is 0 Å². The Kier molecular flexibility index (Phi) is 6.36. The molecule has 6 nitrogen and oxygen atoms in total. The van der Waals surface area contributed by atoms with E-state index in [2.05, 4.69) is 0 Å². The van der Waals surface area contributed by atoms with E-state index in [0.29, 0.717) is 17.8 Å². The van der Waals surface area contributed by atoms with Crippen molar-refractivity contribution in [3.05, 3.63) is 60.2 Å². The highest BCUT2D eigenvalue weighted by atomic mass is 32.2. The largest absolute Gasteiger partial charge is 0.313 e. The van der Waals surface area contributed by atoms with Crippen LogP contribution in [-0.2, 0) is 14.8 Å². The second kappa shape index (κ2) is 8.50. The van der Waals surface area contributed by atoms with Crippen LogP contribution in [0.1, 0.15) is 18.9 Å². The number of carbonyl (C=O) groups is 1. The molecule has 26 heavy (non-hydrogen) atoms. The normalized spacial score (nSPS) is 10.8. The predicted molar refractivity (Wildman–Crippen MR) is 102 cm³/mol. The molecule has 0 atom stereocenters. The maximum Gasteiger partial charge on any atom is 0.232 e. The SMILES string of the molecule is CCN(C(=O)CCN(c1cccc(C#N)c1)S(C)(=O)=O)c1ccccc1. The first-order chi connectivity index (χ1) is 12.4. The molecule has 2 aromatic carbocycles. The van der Waals surface area contributed by atoms with Gasteiger partial charge in [-0.25, -0.2) is 8.42 Å². The number of hydrogen-bond donors (Lipinski definition) is 0. The van der Waals surface area contributed by atoms with Gasteiger partial charge in [-0.15, -0.1) is 0 Å². The highest BCUT2D eigenvalue weighted by Gasteiger charge is 2.21. The van der Waals surface area contributed by atoms with Crippen LogP contribution >= 0.6 is 0 Å². The number of sulfonamides is 1. The van der Waals surface area contributed by atoms with Gasteiger partial charge in [0, 0.05) is 25.2 Å². The summed E-state index contributed by atoms with van der Waals surface area (Å²) in [6, 6.07) is 17.6. The van der Waals surface area contributed by atoms with Gasteiger partial charge in [0.25, 0.3) is 0 Å². The Balaban J connectivity index is 2.19. The van der Waals surface area contributed by atoms with E-state index in [4.69, 9.17) is 5.26 Å². The van der Waals surface area contributed by atoms with Crippen molar-refractivity contribution in [2.45, 2.75) is 13.3 Å². The summed E-state index contributed by atoms with van der Waals surface area (Å²) in [7, 11) is -3.58. The Morgan fingerprint density at radius 3 is 2.31 bits per heavy atom. The van der Waals surface area contributed by atoms with Crippen LogP contribution < -0.4 is 9.21 Å². The van der Waals surface area contributed by atoms with Gasteiger partial charge in [0.2, 0.25) is 15.9 Å². The Bertz CT molecular complexity index is 905. The van der Waals surface area contributed by atoms with Crippen LogP contribution in [0.15, 0.2) is 54.6 Å². The molecule has 0 unspecified atom stereocenters. The lowest BCUT2D eigenvalue weighted by molar-refractivity contribution is -0.118. The maximum absolute atomic E-state index is 12.6. The molecule has 2 rings (SSSR count). The van der Waals surface area contributed by atoms with Crippen LogP contribution in [0, 0.1) is 11.3 Å². The molecule has 0 saturated heterocycles. The first-order valence-corrected chi connectivity index (χ1v) is 10.0. The minimum atomic E-state index is -3.58. The van der Waals surface area contributed by atoms with Crippen LogP contribution in [0.4, 0.5) is 11.4 Å². The second-order valence-corrected chi connectivity index (χ2v) is 7.63. The van der Waals surface area contributed by atoms with Crippen LogP contribution in [0.2, 0.25) is 0 Å². The van der Waals surface area contributed by atoms with Gasteiger partial charge in [-0.05, 0) is 37.3 Å². The zero-order chi connectivity index (χ0) is 19.2. The van der Waals surface area contributed by atoms with Gasteiger partial charge in [-0.2, -0.15) is 5.26 Å². The lowest BCUT2D eigenvalue weighted by atomic mass is 10.2. The van der Waals surface area contributed by atoms with Gasteiger partial charge in [0.05, 0.1) is 23.6 Å². The molecule has 0 bridgehead atoms. The van der Waals surface area contributed by atoms with E-state index in [9.17, 15) is 13.2 Å². The molecule has 0 N–H and O–H groups in total. The van der Waals surface area contributed by atoms with Crippen molar-refractivity contribution in [2.24, 2.45) is 0 Å². The van der Waals surface area contributed by atoms with Crippen molar-refractivity contribution in [1.82, 2.24) is 0 Å². The summed E-state index contributed by atoms with van der Waals surface area (Å²) in [6.07, 6.45) is 1.12. The molecule has 0 heterocycles. The van der Waals surface area contributed by atoms with Crippen molar-refractivity contribution in [3.63, 3.8) is 0 Å². The van der Waals surface area contributed by atoms with Crippen molar-refractivity contribution in [1.29, 1.82) is 5.26 Å². The summed E-state index contributed by atoms with van der Waals surface area (Å²) in [5.41, 5.74) is 1.52. The Morgan fingerprint density at radius 1 is 1.08 bits per heavy atom. The molecular formula is C19H21N3O3S. The van der Waals surface area contributed by atoms with Gasteiger partial charge < -0.3 is 4.90 Å². The Labute approximate surface area is 154 Å². The molecule has 0 aliphatic rings. The third-order valence-corrected chi connectivity index (χ3v) is 5.07. The molecule has 0 aromatic heterocycles. The maximum atomic E-state index is 12.6. The van der Waals surface area contributed by atoms with Gasteiger partial charge >= 0.3 is 0 Å². The number of carbonyl (C=O) groups excluding carboxylic acids is 1. The highest BCUT2D eigenvalue weighted by Crippen LogP contribution is 2.20. The Hall–Kier alpha value is -2.85. The predicted octanol–water partition coefficient (Wildman–Crippen LogP) is 2.77. The van der Waals surface area contributed by atoms with E-state index in [0.717, 1.165) is 16.2 Å². The molecule has 136 valence electrons. The molecular weight excluding hydrogens is 350 g/mol. The molecule has 0 saturated carbocycles. The number of para-hydroxylation sites is 1. The summed E-state index contributed by atoms with van der Waals surface area (Å²) in [6.45, 7) is 2.37. The second-order valence-electron chi connectivity index (χ2n) is 5.72. The molecule has 7 heteroatoms. The molecule has 2 aromatic rings.